The summed E-state index contributed by atoms with van der Waals surface area (Å²) in [4.78, 5) is 0. The molecular formula is C11H19N2OSi. The maximum Gasteiger partial charge on any atom is 0.165 e. The van der Waals surface area contributed by atoms with Crippen molar-refractivity contribution >= 4 is 8.96 Å². The van der Waals surface area contributed by atoms with Crippen LogP contribution in [0.1, 0.15) is 13.3 Å². The highest BCUT2D eigenvalue weighted by Crippen LogP contribution is 2.38. The Morgan fingerprint density at radius 2 is 2.33 bits per heavy atom. The minimum Gasteiger partial charge on any atom is -0.374 e. The van der Waals surface area contributed by atoms with Gasteiger partial charge in [-0.25, -0.2) is 0 Å². The van der Waals surface area contributed by atoms with Gasteiger partial charge < -0.3 is 4.74 Å². The van der Waals surface area contributed by atoms with Crippen molar-refractivity contribution in [3.63, 3.8) is 0 Å². The average Bonchev–Trinajstić information content (AvgIpc) is 2.65. The number of hydrogen-bond acceptors (Lipinski definition) is 3. The maximum absolute atomic E-state index is 6.05. The Bertz CT molecular complexity index is 292. The first-order valence-electron chi connectivity index (χ1n) is 5.46. The van der Waals surface area contributed by atoms with Gasteiger partial charge in [0.1, 0.15) is 0 Å². The van der Waals surface area contributed by atoms with Crippen LogP contribution in [-0.2, 0) is 4.74 Å². The van der Waals surface area contributed by atoms with E-state index in [9.17, 15) is 0 Å². The van der Waals surface area contributed by atoms with E-state index >= 15 is 0 Å². The Hall–Kier alpha value is -0.423. The third-order valence-corrected chi connectivity index (χ3v) is 6.77. The fraction of sp³-hybridized carbons (Fsp3) is 0.636. The molecule has 4 heteroatoms. The van der Waals surface area contributed by atoms with E-state index in [-0.39, 0.29) is 5.60 Å². The van der Waals surface area contributed by atoms with Crippen molar-refractivity contribution in [1.29, 1.82) is 0 Å². The van der Waals surface area contributed by atoms with E-state index in [2.05, 4.69) is 35.9 Å². The Kier molecular flexibility index (Phi) is 3.11. The van der Waals surface area contributed by atoms with Crippen LogP contribution in [0.15, 0.2) is 24.3 Å². The molecule has 0 aromatic heterocycles. The van der Waals surface area contributed by atoms with Crippen LogP contribution in [0.25, 0.3) is 0 Å². The van der Waals surface area contributed by atoms with E-state index in [1.807, 2.05) is 0 Å². The molecule has 2 aliphatic rings. The van der Waals surface area contributed by atoms with Gasteiger partial charge in [0, 0.05) is 19.2 Å². The lowest BCUT2D eigenvalue weighted by molar-refractivity contribution is 0.0482. The fourth-order valence-corrected chi connectivity index (χ4v) is 5.54. The molecule has 0 spiro atoms. The number of allylic oxidation sites excluding steroid dienone is 2. The van der Waals surface area contributed by atoms with Gasteiger partial charge >= 0.3 is 0 Å². The summed E-state index contributed by atoms with van der Waals surface area (Å²) >= 11 is 0. The molecule has 15 heavy (non-hydrogen) atoms. The predicted octanol–water partition coefficient (Wildman–Crippen LogP) is 1.46. The van der Waals surface area contributed by atoms with Gasteiger partial charge in [-0.1, -0.05) is 24.3 Å². The van der Waals surface area contributed by atoms with E-state index < -0.39 is 8.96 Å². The third kappa shape index (κ3) is 1.95. The van der Waals surface area contributed by atoms with E-state index in [1.165, 1.54) is 12.5 Å². The molecule has 0 saturated carbocycles. The average molecular weight is 223 g/mol. The molecule has 1 saturated heterocycles. The molecule has 0 amide bonds. The highest BCUT2D eigenvalue weighted by molar-refractivity contribution is 6.59. The minimum absolute atomic E-state index is 0.162. The van der Waals surface area contributed by atoms with Gasteiger partial charge in [0.05, 0.1) is 5.60 Å². The summed E-state index contributed by atoms with van der Waals surface area (Å²) < 4.78 is 7.72. The van der Waals surface area contributed by atoms with Gasteiger partial charge in [-0.3, -0.25) is 10.5 Å². The van der Waals surface area contributed by atoms with Crippen LogP contribution in [0, 0.1) is 0 Å². The smallest absolute Gasteiger partial charge is 0.165 e. The van der Waals surface area contributed by atoms with Gasteiger partial charge in [-0.15, -0.1) is 0 Å². The van der Waals surface area contributed by atoms with Gasteiger partial charge in [-0.2, -0.15) is 0 Å². The second-order valence-electron chi connectivity index (χ2n) is 4.40. The number of nitrogens with two attached hydrogens (primary N) is 1. The summed E-state index contributed by atoms with van der Waals surface area (Å²) in [7, 11) is 1.13. The molecule has 2 rings (SSSR count). The van der Waals surface area contributed by atoms with Crippen molar-refractivity contribution in [2.24, 2.45) is 5.84 Å². The zero-order chi connectivity index (χ0) is 10.9. The summed E-state index contributed by atoms with van der Waals surface area (Å²) in [6, 6.07) is 1.27. The lowest BCUT2D eigenvalue weighted by Gasteiger charge is -2.38. The zero-order valence-electron chi connectivity index (χ0n) is 9.44. The summed E-state index contributed by atoms with van der Waals surface area (Å²) in [5.74, 6) is 6.05. The molecule has 3 nitrogen and oxygen atoms in total. The van der Waals surface area contributed by atoms with Crippen molar-refractivity contribution in [2.75, 3.05) is 13.7 Å². The molecule has 1 aliphatic carbocycles. The van der Waals surface area contributed by atoms with Crippen LogP contribution in [0.3, 0.4) is 0 Å². The van der Waals surface area contributed by atoms with E-state index in [0.717, 1.165) is 6.54 Å². The normalized spacial score (nSPS) is 37.7. The highest BCUT2D eigenvalue weighted by Gasteiger charge is 2.42. The monoisotopic (exact) mass is 223 g/mol. The number of ether oxygens (including phenoxy) is 1. The molecule has 1 radical (unpaired) electrons. The second kappa shape index (κ2) is 4.21. The Balaban J connectivity index is 2.19. The molecule has 83 valence electrons. The predicted molar refractivity (Wildman–Crippen MR) is 63.5 cm³/mol. The van der Waals surface area contributed by atoms with Gasteiger partial charge in [-0.05, 0) is 19.4 Å². The maximum atomic E-state index is 6.05. The zero-order valence-corrected chi connectivity index (χ0v) is 10.4. The standard InChI is InChI=1S/C11H19N2OSi/c1-11(14-2)7-4-3-6-10(11)15-9-5-8-13(15)12/h3-4,6-7,10H,5,8-9,12H2,1-2H3. The summed E-state index contributed by atoms with van der Waals surface area (Å²) in [5, 5.41) is 0. The molecule has 1 aliphatic heterocycles. The molecule has 2 atom stereocenters. The first-order valence-corrected chi connectivity index (χ1v) is 7.19. The van der Waals surface area contributed by atoms with Crippen LogP contribution in [0.4, 0.5) is 0 Å². The lowest BCUT2D eigenvalue weighted by Crippen LogP contribution is -2.49. The number of hydrazine groups is 1. The molecule has 1 fully saturated rings. The van der Waals surface area contributed by atoms with Crippen LogP contribution in [-0.4, -0.2) is 32.9 Å². The topological polar surface area (TPSA) is 38.5 Å². The fourth-order valence-electron chi connectivity index (χ4n) is 2.41. The first-order chi connectivity index (χ1) is 7.17. The molecule has 0 aromatic carbocycles. The Morgan fingerprint density at radius 1 is 1.53 bits per heavy atom. The van der Waals surface area contributed by atoms with Gasteiger partial charge in [0.25, 0.3) is 0 Å². The number of nitrogens with zero attached hydrogens (tertiary/aromatic N) is 1. The summed E-state index contributed by atoms with van der Waals surface area (Å²) in [6.07, 6.45) is 9.84. The minimum atomic E-state index is -0.661. The lowest BCUT2D eigenvalue weighted by atomic mass is 9.97. The van der Waals surface area contributed by atoms with Crippen molar-refractivity contribution in [3.05, 3.63) is 24.3 Å². The van der Waals surface area contributed by atoms with Crippen LogP contribution >= 0.6 is 0 Å². The third-order valence-electron chi connectivity index (χ3n) is 3.46. The summed E-state index contributed by atoms with van der Waals surface area (Å²) in [6.45, 7) is 3.20. The van der Waals surface area contributed by atoms with Crippen molar-refractivity contribution in [3.8, 4) is 0 Å². The quantitative estimate of drug-likeness (QED) is 0.569. The first kappa shape index (κ1) is 11.1. The number of hydrogen-bond donors (Lipinski definition) is 1. The van der Waals surface area contributed by atoms with Crippen LogP contribution in [0.5, 0.6) is 0 Å². The molecule has 0 bridgehead atoms. The van der Waals surface area contributed by atoms with Gasteiger partial charge in [0.15, 0.2) is 8.96 Å². The van der Waals surface area contributed by atoms with E-state index in [1.54, 1.807) is 7.11 Å². The molecular weight excluding hydrogens is 204 g/mol. The SMILES string of the molecule is COC1(C)C=CC=CC1[Si]1CCCN1N. The van der Waals surface area contributed by atoms with E-state index in [4.69, 9.17) is 10.6 Å². The molecule has 1 heterocycles. The largest absolute Gasteiger partial charge is 0.374 e. The van der Waals surface area contributed by atoms with Gasteiger partial charge in [0.2, 0.25) is 0 Å². The molecule has 0 aromatic rings. The van der Waals surface area contributed by atoms with Crippen LogP contribution in [0.2, 0.25) is 11.6 Å². The molecule has 2 unspecified atom stereocenters. The second-order valence-corrected chi connectivity index (χ2v) is 7.08. The Morgan fingerprint density at radius 3 is 2.93 bits per heavy atom. The van der Waals surface area contributed by atoms with Crippen molar-refractivity contribution < 1.29 is 4.74 Å². The van der Waals surface area contributed by atoms with Crippen LogP contribution < -0.4 is 5.84 Å². The van der Waals surface area contributed by atoms with Crippen molar-refractivity contribution in [2.45, 2.75) is 30.5 Å². The van der Waals surface area contributed by atoms with Crippen molar-refractivity contribution in [1.82, 2.24) is 4.67 Å². The number of methoxy groups -OCH3 is 1. The summed E-state index contributed by atoms with van der Waals surface area (Å²) in [5.41, 5.74) is 0.301. The number of rotatable bonds is 2. The molecule has 2 N–H and O–H groups in total. The van der Waals surface area contributed by atoms with E-state index in [0.29, 0.717) is 5.54 Å². The Labute approximate surface area is 93.2 Å². The highest BCUT2D eigenvalue weighted by atomic mass is 28.3.